The average molecular weight is 467 g/mol. The van der Waals surface area contributed by atoms with Crippen LogP contribution >= 0.6 is 11.6 Å². The minimum absolute atomic E-state index is 0.261. The van der Waals surface area contributed by atoms with Gasteiger partial charge in [-0.2, -0.15) is 0 Å². The Morgan fingerprint density at radius 3 is 2.70 bits per heavy atom. The van der Waals surface area contributed by atoms with E-state index in [9.17, 15) is 9.90 Å². The van der Waals surface area contributed by atoms with E-state index in [1.54, 1.807) is 12.1 Å². The van der Waals surface area contributed by atoms with Gasteiger partial charge in [0.05, 0.1) is 18.7 Å². The van der Waals surface area contributed by atoms with Gasteiger partial charge in [-0.05, 0) is 55.7 Å². The first-order chi connectivity index (χ1) is 16.1. The number of benzene rings is 1. The van der Waals surface area contributed by atoms with Gasteiger partial charge in [0.25, 0.3) is 5.91 Å². The number of aliphatic hydroxyl groups is 1. The van der Waals surface area contributed by atoms with E-state index in [2.05, 4.69) is 32.8 Å². The summed E-state index contributed by atoms with van der Waals surface area (Å²) >= 11 is 6.18. The third-order valence-corrected chi connectivity index (χ3v) is 6.05. The third kappa shape index (κ3) is 8.04. The molecule has 2 atom stereocenters. The van der Waals surface area contributed by atoms with Gasteiger partial charge in [0.2, 0.25) is 0 Å². The molecule has 2 fully saturated rings. The summed E-state index contributed by atoms with van der Waals surface area (Å²) in [4.78, 5) is 17.4. The van der Waals surface area contributed by atoms with Gasteiger partial charge in [-0.3, -0.25) is 4.79 Å². The third-order valence-electron chi connectivity index (χ3n) is 5.85. The molecule has 0 saturated heterocycles. The first-order valence-electron chi connectivity index (χ1n) is 11.7. The molecule has 1 aromatic carbocycles. The van der Waals surface area contributed by atoms with Crippen molar-refractivity contribution in [2.75, 3.05) is 25.0 Å². The van der Waals surface area contributed by atoms with Gasteiger partial charge in [-0.1, -0.05) is 53.8 Å². The Bertz CT molecular complexity index is 996. The molecule has 1 heterocycles. The molecule has 2 saturated carbocycles. The normalized spacial score (nSPS) is 16.9. The van der Waals surface area contributed by atoms with Crippen LogP contribution in [0.3, 0.4) is 0 Å². The number of amides is 1. The van der Waals surface area contributed by atoms with E-state index >= 15 is 0 Å². The zero-order valence-electron chi connectivity index (χ0n) is 18.7. The van der Waals surface area contributed by atoms with Crippen LogP contribution in [0.2, 0.25) is 5.15 Å². The van der Waals surface area contributed by atoms with E-state index in [0.717, 1.165) is 12.1 Å². The molecule has 1 aromatic heterocycles. The van der Waals surface area contributed by atoms with Crippen LogP contribution in [0.5, 0.6) is 0 Å². The largest absolute Gasteiger partial charge is 0.390 e. The molecule has 0 spiro atoms. The van der Waals surface area contributed by atoms with E-state index in [-0.39, 0.29) is 11.1 Å². The van der Waals surface area contributed by atoms with Crippen molar-refractivity contribution in [3.05, 3.63) is 58.7 Å². The summed E-state index contributed by atoms with van der Waals surface area (Å²) in [5.74, 6) is 7.84. The highest BCUT2D eigenvalue weighted by Crippen LogP contribution is 2.29. The highest BCUT2D eigenvalue weighted by molar-refractivity contribution is 6.29. The Hall–Kier alpha value is -2.59. The first-order valence-corrected chi connectivity index (χ1v) is 12.1. The van der Waals surface area contributed by atoms with Gasteiger partial charge in [-0.15, -0.1) is 0 Å². The van der Waals surface area contributed by atoms with Gasteiger partial charge >= 0.3 is 0 Å². The van der Waals surface area contributed by atoms with Gasteiger partial charge in [-0.25, -0.2) is 4.98 Å². The summed E-state index contributed by atoms with van der Waals surface area (Å²) < 4.78 is 0. The molecule has 2 aliphatic rings. The predicted molar refractivity (Wildman–Crippen MR) is 131 cm³/mol. The van der Waals surface area contributed by atoms with Crippen LogP contribution in [0.15, 0.2) is 42.5 Å². The molecule has 1 amide bonds. The molecule has 0 aliphatic heterocycles. The highest BCUT2D eigenvalue weighted by atomic mass is 35.5. The molecule has 7 heteroatoms. The van der Waals surface area contributed by atoms with E-state index in [0.29, 0.717) is 42.7 Å². The van der Waals surface area contributed by atoms with Crippen molar-refractivity contribution in [1.82, 2.24) is 15.6 Å². The minimum atomic E-state index is -0.776. The van der Waals surface area contributed by atoms with Crippen molar-refractivity contribution < 1.29 is 9.90 Å². The minimum Gasteiger partial charge on any atom is -0.390 e. The number of hydrogen-bond donors (Lipinski definition) is 4. The number of pyridine rings is 1. The lowest BCUT2D eigenvalue weighted by atomic mass is 10.0. The molecule has 2 unspecified atom stereocenters. The van der Waals surface area contributed by atoms with Gasteiger partial charge in [0.1, 0.15) is 11.0 Å². The van der Waals surface area contributed by atoms with E-state index in [1.807, 2.05) is 30.3 Å². The van der Waals surface area contributed by atoms with Crippen LogP contribution in [0.4, 0.5) is 5.82 Å². The first kappa shape index (κ1) is 23.6. The maximum absolute atomic E-state index is 13.1. The van der Waals surface area contributed by atoms with E-state index < -0.39 is 12.1 Å². The molecule has 2 aliphatic carbocycles. The number of aromatic nitrogens is 1. The number of hydrogen-bond acceptors (Lipinski definition) is 5. The number of carbonyl (C=O) groups is 1. The standard InChI is InChI=1S/C26H31ClN4O2/c27-24-14-21(15-25(31-24)29-16-20-10-11-20)26(33)30-22(13-19-5-2-1-3-6-19)23(32)17-28-12-4-7-18-8-9-18/h1-3,5-6,14-15,18,20,22-23,28,32H,8-13,16-17H2,(H,29,31)(H,30,33). The average Bonchev–Trinajstić information content (AvgIpc) is 3.73. The monoisotopic (exact) mass is 466 g/mol. The summed E-state index contributed by atoms with van der Waals surface area (Å²) in [6.07, 6.45) is 4.56. The van der Waals surface area contributed by atoms with Crippen molar-refractivity contribution in [3.8, 4) is 11.8 Å². The lowest BCUT2D eigenvalue weighted by molar-refractivity contribution is 0.0832. The molecule has 0 bridgehead atoms. The van der Waals surface area contributed by atoms with Gasteiger partial charge in [0, 0.05) is 24.6 Å². The van der Waals surface area contributed by atoms with Crippen LogP contribution in [0.1, 0.15) is 41.6 Å². The lowest BCUT2D eigenvalue weighted by Gasteiger charge is -2.25. The maximum Gasteiger partial charge on any atom is 0.251 e. The Kier molecular flexibility index (Phi) is 8.22. The molecule has 4 rings (SSSR count). The van der Waals surface area contributed by atoms with E-state index in [1.165, 1.54) is 25.7 Å². The predicted octanol–water partition coefficient (Wildman–Crippen LogP) is 3.26. The molecule has 4 N–H and O–H groups in total. The second kappa shape index (κ2) is 11.5. The Morgan fingerprint density at radius 2 is 1.97 bits per heavy atom. The van der Waals surface area contributed by atoms with Crippen LogP contribution in [-0.2, 0) is 6.42 Å². The number of carbonyl (C=O) groups excluding carboxylic acids is 1. The van der Waals surface area contributed by atoms with Crippen LogP contribution in [0.25, 0.3) is 0 Å². The molecular formula is C26H31ClN4O2. The summed E-state index contributed by atoms with van der Waals surface area (Å²) in [5, 5.41) is 20.6. The Morgan fingerprint density at radius 1 is 1.18 bits per heavy atom. The molecule has 6 nitrogen and oxygen atoms in total. The molecule has 174 valence electrons. The van der Waals surface area contributed by atoms with Crippen molar-refractivity contribution in [1.29, 1.82) is 0 Å². The fraction of sp³-hybridized carbons (Fsp3) is 0.462. The lowest BCUT2D eigenvalue weighted by Crippen LogP contribution is -2.48. The number of aliphatic hydroxyl groups excluding tert-OH is 1. The maximum atomic E-state index is 13.1. The second-order valence-electron chi connectivity index (χ2n) is 8.95. The number of nitrogens with one attached hydrogen (secondary N) is 3. The summed E-state index contributed by atoms with van der Waals surface area (Å²) in [6, 6.07) is 12.6. The van der Waals surface area contributed by atoms with Crippen molar-refractivity contribution in [3.63, 3.8) is 0 Å². The quantitative estimate of drug-likeness (QED) is 0.232. The summed E-state index contributed by atoms with van der Waals surface area (Å²) in [7, 11) is 0. The Balaban J connectivity index is 1.39. The number of rotatable bonds is 11. The van der Waals surface area contributed by atoms with Gasteiger partial charge < -0.3 is 21.1 Å². The van der Waals surface area contributed by atoms with E-state index in [4.69, 9.17) is 11.6 Å². The molecular weight excluding hydrogens is 436 g/mol. The second-order valence-corrected chi connectivity index (χ2v) is 9.34. The fourth-order valence-corrected chi connectivity index (χ4v) is 3.75. The fourth-order valence-electron chi connectivity index (χ4n) is 3.54. The number of halogens is 1. The van der Waals surface area contributed by atoms with Crippen LogP contribution in [0, 0.1) is 23.7 Å². The van der Waals surface area contributed by atoms with Crippen molar-refractivity contribution >= 4 is 23.3 Å². The summed E-state index contributed by atoms with van der Waals surface area (Å²) in [6.45, 7) is 1.69. The zero-order chi connectivity index (χ0) is 23.0. The Labute approximate surface area is 200 Å². The van der Waals surface area contributed by atoms with Crippen LogP contribution in [-0.4, -0.2) is 47.8 Å². The zero-order valence-corrected chi connectivity index (χ0v) is 19.4. The van der Waals surface area contributed by atoms with Gasteiger partial charge in [0.15, 0.2) is 0 Å². The smallest absolute Gasteiger partial charge is 0.251 e. The summed E-state index contributed by atoms with van der Waals surface area (Å²) in [5.41, 5.74) is 1.46. The van der Waals surface area contributed by atoms with Crippen molar-refractivity contribution in [2.24, 2.45) is 11.8 Å². The SMILES string of the molecule is O=C(NC(Cc1ccccc1)C(O)CNCC#CC1CC1)c1cc(Cl)nc(NCC2CC2)c1. The number of anilines is 1. The highest BCUT2D eigenvalue weighted by Gasteiger charge is 2.24. The molecule has 33 heavy (non-hydrogen) atoms. The molecule has 2 aromatic rings. The van der Waals surface area contributed by atoms with Crippen molar-refractivity contribution in [2.45, 2.75) is 44.2 Å². The molecule has 0 radical (unpaired) electrons. The van der Waals surface area contributed by atoms with Crippen LogP contribution < -0.4 is 16.0 Å². The topological polar surface area (TPSA) is 86.3 Å². The number of nitrogens with zero attached hydrogens (tertiary/aromatic N) is 1.